The summed E-state index contributed by atoms with van der Waals surface area (Å²) in [6.45, 7) is 4.23. The van der Waals surface area contributed by atoms with Gasteiger partial charge in [0.2, 0.25) is 5.89 Å². The first-order valence-corrected chi connectivity index (χ1v) is 7.56. The van der Waals surface area contributed by atoms with Crippen LogP contribution < -0.4 is 0 Å². The van der Waals surface area contributed by atoms with Crippen LogP contribution in [0.3, 0.4) is 0 Å². The SMILES string of the molecule is Cc1oc(-c2ccccc2)nc1CSCC(C)CO. The second-order valence-electron chi connectivity index (χ2n) is 4.69. The summed E-state index contributed by atoms with van der Waals surface area (Å²) in [6, 6.07) is 9.93. The molecular weight excluding hydrogens is 258 g/mol. The van der Waals surface area contributed by atoms with Gasteiger partial charge in [-0.25, -0.2) is 4.98 Å². The molecule has 1 unspecified atom stereocenters. The molecule has 0 bridgehead atoms. The molecule has 1 N–H and O–H groups in total. The van der Waals surface area contributed by atoms with Crippen LogP contribution in [-0.2, 0) is 5.75 Å². The maximum absolute atomic E-state index is 8.99. The van der Waals surface area contributed by atoms with Crippen molar-refractivity contribution in [2.24, 2.45) is 5.92 Å². The van der Waals surface area contributed by atoms with Gasteiger partial charge in [0, 0.05) is 17.9 Å². The first-order valence-electron chi connectivity index (χ1n) is 6.41. The molecule has 1 aromatic heterocycles. The highest BCUT2D eigenvalue weighted by Gasteiger charge is 2.11. The minimum atomic E-state index is 0.236. The lowest BCUT2D eigenvalue weighted by Gasteiger charge is -2.05. The number of aliphatic hydroxyl groups is 1. The number of aliphatic hydroxyl groups excluding tert-OH is 1. The third-order valence-electron chi connectivity index (χ3n) is 2.87. The summed E-state index contributed by atoms with van der Waals surface area (Å²) in [6.07, 6.45) is 0. The molecule has 0 aliphatic rings. The molecule has 0 amide bonds. The number of aromatic nitrogens is 1. The van der Waals surface area contributed by atoms with Gasteiger partial charge in [-0.2, -0.15) is 11.8 Å². The molecule has 0 saturated heterocycles. The first kappa shape index (κ1) is 14.2. The zero-order valence-corrected chi connectivity index (χ0v) is 12.1. The van der Waals surface area contributed by atoms with Gasteiger partial charge < -0.3 is 9.52 Å². The Labute approximate surface area is 118 Å². The Bertz CT molecular complexity index is 510. The molecule has 0 aliphatic carbocycles. The molecule has 1 heterocycles. The van der Waals surface area contributed by atoms with Crippen LogP contribution in [0, 0.1) is 12.8 Å². The van der Waals surface area contributed by atoms with E-state index in [-0.39, 0.29) is 6.61 Å². The van der Waals surface area contributed by atoms with E-state index < -0.39 is 0 Å². The summed E-state index contributed by atoms with van der Waals surface area (Å²) < 4.78 is 5.71. The fourth-order valence-electron chi connectivity index (χ4n) is 1.68. The third-order valence-corrected chi connectivity index (χ3v) is 4.15. The Balaban J connectivity index is 2.01. The van der Waals surface area contributed by atoms with E-state index in [2.05, 4.69) is 4.98 Å². The Morgan fingerprint density at radius 3 is 2.74 bits per heavy atom. The van der Waals surface area contributed by atoms with Gasteiger partial charge in [-0.3, -0.25) is 0 Å². The minimum absolute atomic E-state index is 0.236. The molecule has 3 nitrogen and oxygen atoms in total. The molecule has 0 aliphatic heterocycles. The molecule has 0 saturated carbocycles. The van der Waals surface area contributed by atoms with Gasteiger partial charge in [0.25, 0.3) is 0 Å². The van der Waals surface area contributed by atoms with Gasteiger partial charge in [-0.15, -0.1) is 0 Å². The molecule has 2 rings (SSSR count). The fourth-order valence-corrected chi connectivity index (χ4v) is 2.76. The number of aryl methyl sites for hydroxylation is 1. The molecule has 2 aromatic rings. The number of oxazole rings is 1. The van der Waals surface area contributed by atoms with Gasteiger partial charge in [-0.05, 0) is 30.7 Å². The topological polar surface area (TPSA) is 46.3 Å². The summed E-state index contributed by atoms with van der Waals surface area (Å²) in [7, 11) is 0. The third kappa shape index (κ3) is 3.85. The standard InChI is InChI=1S/C15H19NO2S/c1-11(8-17)9-19-10-14-12(2)18-15(16-14)13-6-4-3-5-7-13/h3-7,11,17H,8-10H2,1-2H3. The van der Waals surface area contributed by atoms with E-state index in [0.29, 0.717) is 11.8 Å². The van der Waals surface area contributed by atoms with Gasteiger partial charge >= 0.3 is 0 Å². The summed E-state index contributed by atoms with van der Waals surface area (Å²) in [5.74, 6) is 3.65. The number of hydrogen-bond acceptors (Lipinski definition) is 4. The maximum atomic E-state index is 8.99. The molecule has 0 spiro atoms. The van der Waals surface area contributed by atoms with Gasteiger partial charge in [0.15, 0.2) is 0 Å². The van der Waals surface area contributed by atoms with Crippen molar-refractivity contribution in [2.45, 2.75) is 19.6 Å². The predicted octanol–water partition coefficient (Wildman–Crippen LogP) is 3.51. The van der Waals surface area contributed by atoms with E-state index in [0.717, 1.165) is 28.5 Å². The Morgan fingerprint density at radius 2 is 2.05 bits per heavy atom. The Kier molecular flexibility index (Phi) is 5.05. The van der Waals surface area contributed by atoms with Crippen molar-refractivity contribution in [3.8, 4) is 11.5 Å². The van der Waals surface area contributed by atoms with Crippen LogP contribution in [0.1, 0.15) is 18.4 Å². The van der Waals surface area contributed by atoms with Crippen molar-refractivity contribution in [1.82, 2.24) is 4.98 Å². The maximum Gasteiger partial charge on any atom is 0.226 e. The van der Waals surface area contributed by atoms with Crippen molar-refractivity contribution in [1.29, 1.82) is 0 Å². The van der Waals surface area contributed by atoms with Gasteiger partial charge in [-0.1, -0.05) is 25.1 Å². The second kappa shape index (κ2) is 6.78. The zero-order valence-electron chi connectivity index (χ0n) is 11.3. The van der Waals surface area contributed by atoms with E-state index >= 15 is 0 Å². The van der Waals surface area contributed by atoms with Crippen LogP contribution in [-0.4, -0.2) is 22.5 Å². The summed E-state index contributed by atoms with van der Waals surface area (Å²) >= 11 is 1.78. The number of rotatable bonds is 6. The Morgan fingerprint density at radius 1 is 1.32 bits per heavy atom. The number of hydrogen-bond donors (Lipinski definition) is 1. The zero-order chi connectivity index (χ0) is 13.7. The average molecular weight is 277 g/mol. The van der Waals surface area contributed by atoms with Crippen LogP contribution in [0.4, 0.5) is 0 Å². The molecule has 1 aromatic carbocycles. The van der Waals surface area contributed by atoms with Crippen molar-refractivity contribution in [2.75, 3.05) is 12.4 Å². The van der Waals surface area contributed by atoms with E-state index in [1.807, 2.05) is 44.2 Å². The predicted molar refractivity (Wildman–Crippen MR) is 79.1 cm³/mol. The highest BCUT2D eigenvalue weighted by Crippen LogP contribution is 2.24. The highest BCUT2D eigenvalue weighted by molar-refractivity contribution is 7.98. The van der Waals surface area contributed by atoms with E-state index in [1.54, 1.807) is 11.8 Å². The minimum Gasteiger partial charge on any atom is -0.441 e. The van der Waals surface area contributed by atoms with E-state index in [9.17, 15) is 0 Å². The number of benzene rings is 1. The first-order chi connectivity index (χ1) is 9.20. The molecule has 0 fully saturated rings. The van der Waals surface area contributed by atoms with Gasteiger partial charge in [0.1, 0.15) is 5.76 Å². The van der Waals surface area contributed by atoms with Crippen molar-refractivity contribution >= 4 is 11.8 Å². The summed E-state index contributed by atoms with van der Waals surface area (Å²) in [5, 5.41) is 8.99. The summed E-state index contributed by atoms with van der Waals surface area (Å²) in [4.78, 5) is 4.55. The van der Waals surface area contributed by atoms with Gasteiger partial charge in [0.05, 0.1) is 5.69 Å². The summed E-state index contributed by atoms with van der Waals surface area (Å²) in [5.41, 5.74) is 2.00. The Hall–Kier alpha value is -1.26. The molecule has 1 atom stereocenters. The van der Waals surface area contributed by atoms with Crippen LogP contribution in [0.25, 0.3) is 11.5 Å². The van der Waals surface area contributed by atoms with E-state index in [1.165, 1.54) is 0 Å². The average Bonchev–Trinajstić information content (AvgIpc) is 2.81. The molecule has 102 valence electrons. The normalized spacial score (nSPS) is 12.6. The lowest BCUT2D eigenvalue weighted by Crippen LogP contribution is -2.03. The van der Waals surface area contributed by atoms with Crippen LogP contribution in [0.2, 0.25) is 0 Å². The van der Waals surface area contributed by atoms with Crippen LogP contribution >= 0.6 is 11.8 Å². The molecule has 19 heavy (non-hydrogen) atoms. The molecule has 0 radical (unpaired) electrons. The molecule has 4 heteroatoms. The van der Waals surface area contributed by atoms with Crippen LogP contribution in [0.5, 0.6) is 0 Å². The lowest BCUT2D eigenvalue weighted by molar-refractivity contribution is 0.250. The second-order valence-corrected chi connectivity index (χ2v) is 5.72. The van der Waals surface area contributed by atoms with Crippen molar-refractivity contribution in [3.63, 3.8) is 0 Å². The number of nitrogens with zero attached hydrogens (tertiary/aromatic N) is 1. The number of thioether (sulfide) groups is 1. The smallest absolute Gasteiger partial charge is 0.226 e. The van der Waals surface area contributed by atoms with Crippen molar-refractivity contribution in [3.05, 3.63) is 41.8 Å². The quantitative estimate of drug-likeness (QED) is 0.877. The van der Waals surface area contributed by atoms with Crippen LogP contribution in [0.15, 0.2) is 34.7 Å². The lowest BCUT2D eigenvalue weighted by atomic mass is 10.2. The highest BCUT2D eigenvalue weighted by atomic mass is 32.2. The largest absolute Gasteiger partial charge is 0.441 e. The van der Waals surface area contributed by atoms with E-state index in [4.69, 9.17) is 9.52 Å². The molecular formula is C15H19NO2S. The van der Waals surface area contributed by atoms with Crippen molar-refractivity contribution < 1.29 is 9.52 Å². The fraction of sp³-hybridized carbons (Fsp3) is 0.400. The monoisotopic (exact) mass is 277 g/mol.